The minimum atomic E-state index is -0.948. The molecule has 0 radical (unpaired) electrons. The van der Waals surface area contributed by atoms with Crippen molar-refractivity contribution in [1.82, 2.24) is 4.90 Å². The minimum absolute atomic E-state index is 0.0789. The van der Waals surface area contributed by atoms with Gasteiger partial charge in [-0.2, -0.15) is 0 Å². The van der Waals surface area contributed by atoms with E-state index < -0.39 is 29.7 Å². The van der Waals surface area contributed by atoms with Gasteiger partial charge in [0.25, 0.3) is 0 Å². The number of morpholine rings is 1. The van der Waals surface area contributed by atoms with Crippen LogP contribution in [0.3, 0.4) is 0 Å². The summed E-state index contributed by atoms with van der Waals surface area (Å²) in [5, 5.41) is 9.12. The molecule has 124 valence electrons. The van der Waals surface area contributed by atoms with Crippen molar-refractivity contribution in [2.75, 3.05) is 19.7 Å². The van der Waals surface area contributed by atoms with Crippen molar-refractivity contribution in [3.8, 4) is 0 Å². The van der Waals surface area contributed by atoms with Gasteiger partial charge in [-0.25, -0.2) is 4.39 Å². The largest absolute Gasteiger partial charge is 0.481 e. The number of benzene rings is 1. The molecule has 1 heterocycles. The third-order valence-corrected chi connectivity index (χ3v) is 4.81. The zero-order chi connectivity index (χ0) is 16.7. The van der Waals surface area contributed by atoms with Crippen molar-refractivity contribution in [1.29, 1.82) is 0 Å². The molecular weight excluding hydrogens is 348 g/mol. The lowest BCUT2D eigenvalue weighted by atomic mass is 10.1. The van der Waals surface area contributed by atoms with Crippen LogP contribution < -0.4 is 0 Å². The van der Waals surface area contributed by atoms with Crippen LogP contribution in [0.5, 0.6) is 0 Å². The fourth-order valence-electron chi connectivity index (χ4n) is 2.80. The van der Waals surface area contributed by atoms with Crippen molar-refractivity contribution in [3.05, 3.63) is 33.6 Å². The number of hydrogen-bond donors (Lipinski definition) is 1. The Hall–Kier alpha value is -1.37. The monoisotopic (exact) mass is 361 g/mol. The molecule has 1 amide bonds. The van der Waals surface area contributed by atoms with Gasteiger partial charge in [0.2, 0.25) is 5.91 Å². The summed E-state index contributed by atoms with van der Waals surface area (Å²) in [5.74, 6) is -2.82. The molecule has 1 aromatic rings. The minimum Gasteiger partial charge on any atom is -0.481 e. The maximum atomic E-state index is 13.7. The summed E-state index contributed by atoms with van der Waals surface area (Å²) < 4.78 is 19.2. The second-order valence-electron chi connectivity index (χ2n) is 5.72. The van der Waals surface area contributed by atoms with Gasteiger partial charge >= 0.3 is 5.97 Å². The number of hydrogen-bond acceptors (Lipinski definition) is 3. The van der Waals surface area contributed by atoms with Gasteiger partial charge in [0.05, 0.1) is 30.0 Å². The maximum absolute atomic E-state index is 13.7. The molecule has 0 spiro atoms. The Bertz CT molecular complexity index is 669. The van der Waals surface area contributed by atoms with E-state index in [9.17, 15) is 14.0 Å². The first-order valence-electron chi connectivity index (χ1n) is 7.16. The van der Waals surface area contributed by atoms with Crippen LogP contribution in [0.15, 0.2) is 12.1 Å². The number of carboxylic acid groups (broad SMARTS) is 1. The van der Waals surface area contributed by atoms with E-state index in [4.69, 9.17) is 33.0 Å². The zero-order valence-corrected chi connectivity index (χ0v) is 13.5. The van der Waals surface area contributed by atoms with Crippen LogP contribution in [0.1, 0.15) is 18.1 Å². The summed E-state index contributed by atoms with van der Waals surface area (Å²) in [5.41, 5.74) is 0.427. The van der Waals surface area contributed by atoms with Crippen LogP contribution in [0, 0.1) is 17.7 Å². The average molecular weight is 362 g/mol. The van der Waals surface area contributed by atoms with E-state index in [1.807, 2.05) is 0 Å². The van der Waals surface area contributed by atoms with E-state index in [1.54, 1.807) is 4.90 Å². The smallest absolute Gasteiger partial charge is 0.307 e. The number of aliphatic carboxylic acids is 1. The average Bonchev–Trinajstić information content (AvgIpc) is 3.31. The molecule has 1 saturated carbocycles. The van der Waals surface area contributed by atoms with Crippen molar-refractivity contribution >= 4 is 35.1 Å². The van der Waals surface area contributed by atoms with Crippen LogP contribution >= 0.6 is 23.2 Å². The summed E-state index contributed by atoms with van der Waals surface area (Å²) in [6, 6.07) is 2.51. The van der Waals surface area contributed by atoms with Gasteiger partial charge in [-0.3, -0.25) is 9.59 Å². The van der Waals surface area contributed by atoms with Crippen LogP contribution in [0.25, 0.3) is 0 Å². The molecular formula is C15H14Cl2FNO4. The van der Waals surface area contributed by atoms with Crippen molar-refractivity contribution < 1.29 is 23.8 Å². The summed E-state index contributed by atoms with van der Waals surface area (Å²) in [6.07, 6.45) is -0.194. The molecule has 1 aliphatic carbocycles. The Morgan fingerprint density at radius 1 is 1.26 bits per heavy atom. The van der Waals surface area contributed by atoms with Gasteiger partial charge in [-0.15, -0.1) is 0 Å². The lowest BCUT2D eigenvalue weighted by Crippen LogP contribution is -2.43. The Morgan fingerprint density at radius 2 is 2.00 bits per heavy atom. The third kappa shape index (κ3) is 3.29. The standard InChI is InChI=1S/C15H14Cl2FNO4/c16-10-5-11(17)12(18)4-9(10)13-6-19(1-2-23-13)14(20)7-3-8(7)15(21)22/h4-5,7-8,13H,1-3,6H2,(H,21,22). The molecule has 3 unspecified atom stereocenters. The van der Waals surface area contributed by atoms with E-state index in [-0.39, 0.29) is 29.1 Å². The molecule has 2 aliphatic rings. The molecule has 3 atom stereocenters. The molecule has 0 bridgehead atoms. The van der Waals surface area contributed by atoms with Gasteiger partial charge in [0, 0.05) is 17.1 Å². The van der Waals surface area contributed by atoms with Crippen LogP contribution in [-0.2, 0) is 14.3 Å². The van der Waals surface area contributed by atoms with Gasteiger partial charge in [0.15, 0.2) is 0 Å². The molecule has 1 aromatic carbocycles. The van der Waals surface area contributed by atoms with Gasteiger partial charge < -0.3 is 14.7 Å². The van der Waals surface area contributed by atoms with Gasteiger partial charge in [-0.05, 0) is 18.6 Å². The highest BCUT2D eigenvalue weighted by Gasteiger charge is 2.50. The third-order valence-electron chi connectivity index (χ3n) is 4.19. The van der Waals surface area contributed by atoms with Crippen molar-refractivity contribution in [2.45, 2.75) is 12.5 Å². The first-order chi connectivity index (χ1) is 10.9. The normalized spacial score (nSPS) is 26.9. The fourth-order valence-corrected chi connectivity index (χ4v) is 3.30. The molecule has 23 heavy (non-hydrogen) atoms. The molecule has 1 N–H and O–H groups in total. The van der Waals surface area contributed by atoms with E-state index in [0.29, 0.717) is 18.5 Å². The zero-order valence-electron chi connectivity index (χ0n) is 12.0. The van der Waals surface area contributed by atoms with E-state index in [2.05, 4.69) is 0 Å². The lowest BCUT2D eigenvalue weighted by Gasteiger charge is -2.33. The Morgan fingerprint density at radius 3 is 2.65 bits per heavy atom. The van der Waals surface area contributed by atoms with E-state index in [1.165, 1.54) is 12.1 Å². The second kappa shape index (κ2) is 6.26. The molecule has 8 heteroatoms. The number of carboxylic acids is 1. The molecule has 5 nitrogen and oxygen atoms in total. The number of carbonyl (C=O) groups excluding carboxylic acids is 1. The quantitative estimate of drug-likeness (QED) is 0.840. The lowest BCUT2D eigenvalue weighted by molar-refractivity contribution is -0.145. The predicted octanol–water partition coefficient (Wildman–Crippen LogP) is 2.75. The number of rotatable bonds is 3. The number of ether oxygens (including phenoxy) is 1. The highest BCUT2D eigenvalue weighted by Crippen LogP contribution is 2.41. The topological polar surface area (TPSA) is 66.8 Å². The highest BCUT2D eigenvalue weighted by atomic mass is 35.5. The second-order valence-corrected chi connectivity index (χ2v) is 6.53. The summed E-state index contributed by atoms with van der Waals surface area (Å²) in [6.45, 7) is 0.871. The maximum Gasteiger partial charge on any atom is 0.307 e. The number of amides is 1. The fraction of sp³-hybridized carbons (Fsp3) is 0.467. The molecule has 3 rings (SSSR count). The van der Waals surface area contributed by atoms with Crippen LogP contribution in [0.2, 0.25) is 10.0 Å². The highest BCUT2D eigenvalue weighted by molar-refractivity contribution is 6.35. The molecule has 0 aromatic heterocycles. The summed E-state index contributed by atoms with van der Waals surface area (Å²) >= 11 is 11.8. The predicted molar refractivity (Wildman–Crippen MR) is 80.9 cm³/mol. The van der Waals surface area contributed by atoms with Crippen molar-refractivity contribution in [2.24, 2.45) is 11.8 Å². The molecule has 1 saturated heterocycles. The number of carbonyl (C=O) groups is 2. The molecule has 1 aliphatic heterocycles. The Labute approximate surface area is 141 Å². The Balaban J connectivity index is 1.73. The van der Waals surface area contributed by atoms with Crippen LogP contribution in [0.4, 0.5) is 4.39 Å². The molecule has 2 fully saturated rings. The SMILES string of the molecule is O=C(O)C1CC1C(=O)N1CCOC(c2cc(F)c(Cl)cc2Cl)C1. The number of nitrogens with zero attached hydrogens (tertiary/aromatic N) is 1. The van der Waals surface area contributed by atoms with Crippen molar-refractivity contribution in [3.63, 3.8) is 0 Å². The first kappa shape index (κ1) is 16.5. The van der Waals surface area contributed by atoms with E-state index >= 15 is 0 Å². The number of halogens is 3. The van der Waals surface area contributed by atoms with Gasteiger partial charge in [0.1, 0.15) is 11.9 Å². The van der Waals surface area contributed by atoms with E-state index in [0.717, 1.165) is 0 Å². The first-order valence-corrected chi connectivity index (χ1v) is 7.91. The summed E-state index contributed by atoms with van der Waals surface area (Å²) in [7, 11) is 0. The summed E-state index contributed by atoms with van der Waals surface area (Å²) in [4.78, 5) is 24.8. The van der Waals surface area contributed by atoms with Gasteiger partial charge in [-0.1, -0.05) is 23.2 Å². The Kier molecular flexibility index (Phi) is 4.49. The van der Waals surface area contributed by atoms with Crippen LogP contribution in [-0.4, -0.2) is 41.6 Å².